The number of rotatable bonds is 0. The topological polar surface area (TPSA) is 41.8 Å². The summed E-state index contributed by atoms with van der Waals surface area (Å²) in [6.45, 7) is 1.94. The molecular formula is C9H7IN2O. The minimum atomic E-state index is -0.147. The summed E-state index contributed by atoms with van der Waals surface area (Å²) in [7, 11) is 0. The molecule has 2 aliphatic heterocycles. The molecule has 0 saturated carbocycles. The fraction of sp³-hybridized carbons (Fsp3) is 0.222. The summed E-state index contributed by atoms with van der Waals surface area (Å²) in [6, 6.07) is 0. The van der Waals surface area contributed by atoms with Crippen LogP contribution in [-0.2, 0) is 4.79 Å². The van der Waals surface area contributed by atoms with Crippen molar-refractivity contribution in [3.63, 3.8) is 0 Å². The van der Waals surface area contributed by atoms with Gasteiger partial charge in [0.2, 0.25) is 0 Å². The molecule has 2 heterocycles. The van der Waals surface area contributed by atoms with E-state index in [9.17, 15) is 4.79 Å². The number of nitrogens with zero attached hydrogens (tertiary/aromatic N) is 2. The Labute approximate surface area is 89.5 Å². The zero-order valence-electron chi connectivity index (χ0n) is 6.99. The van der Waals surface area contributed by atoms with Gasteiger partial charge in [0.05, 0.1) is 15.2 Å². The van der Waals surface area contributed by atoms with E-state index in [1.807, 2.05) is 35.6 Å². The van der Waals surface area contributed by atoms with E-state index < -0.39 is 0 Å². The third kappa shape index (κ3) is 1.50. The highest BCUT2D eigenvalue weighted by Crippen LogP contribution is 2.23. The second-order valence-corrected chi connectivity index (χ2v) is 4.08. The van der Waals surface area contributed by atoms with Gasteiger partial charge in [-0.2, -0.15) is 0 Å². The molecule has 13 heavy (non-hydrogen) atoms. The third-order valence-electron chi connectivity index (χ3n) is 2.04. The molecule has 0 radical (unpaired) electrons. The lowest BCUT2D eigenvalue weighted by Gasteiger charge is -2.19. The Balaban J connectivity index is 2.45. The maximum atomic E-state index is 11.2. The molecule has 1 amide bonds. The lowest BCUT2D eigenvalue weighted by molar-refractivity contribution is -0.113. The van der Waals surface area contributed by atoms with Crippen molar-refractivity contribution in [3.8, 4) is 0 Å². The minimum absolute atomic E-state index is 0.106. The van der Waals surface area contributed by atoms with Gasteiger partial charge in [0.15, 0.2) is 0 Å². The standard InChI is InChI=1S/C9H7IN2O/c1-5-6-4-7(10)9(13)12-8(6)2-3-11-5/h2-4,6H,1H3. The first kappa shape index (κ1) is 8.80. The van der Waals surface area contributed by atoms with E-state index in [4.69, 9.17) is 0 Å². The number of fused-ring (bicyclic) bond motifs is 1. The molecule has 0 N–H and O–H groups in total. The van der Waals surface area contributed by atoms with Gasteiger partial charge in [-0.1, -0.05) is 6.08 Å². The number of carbonyl (C=O) groups is 1. The van der Waals surface area contributed by atoms with Gasteiger partial charge in [0.1, 0.15) is 0 Å². The molecule has 0 aromatic rings. The predicted molar refractivity (Wildman–Crippen MR) is 60.3 cm³/mol. The zero-order chi connectivity index (χ0) is 9.42. The van der Waals surface area contributed by atoms with Crippen LogP contribution in [0.5, 0.6) is 0 Å². The molecule has 1 atom stereocenters. The third-order valence-corrected chi connectivity index (χ3v) is 2.86. The Morgan fingerprint density at radius 2 is 2.31 bits per heavy atom. The summed E-state index contributed by atoms with van der Waals surface area (Å²) in [5.74, 6) is -0.0409. The summed E-state index contributed by atoms with van der Waals surface area (Å²) in [5.41, 5.74) is 1.79. The minimum Gasteiger partial charge on any atom is -0.266 e. The first-order chi connectivity index (χ1) is 6.18. The van der Waals surface area contributed by atoms with Crippen LogP contribution in [0.3, 0.4) is 0 Å². The number of hydrogen-bond acceptors (Lipinski definition) is 2. The number of allylic oxidation sites excluding steroid dienone is 2. The maximum absolute atomic E-state index is 11.2. The van der Waals surface area contributed by atoms with Gasteiger partial charge in [0.25, 0.3) is 5.91 Å². The van der Waals surface area contributed by atoms with Crippen LogP contribution in [0.15, 0.2) is 31.9 Å². The van der Waals surface area contributed by atoms with Crippen molar-refractivity contribution >= 4 is 39.9 Å². The number of halogens is 1. The quantitative estimate of drug-likeness (QED) is 0.627. The molecule has 4 heteroatoms. The first-order valence-electron chi connectivity index (χ1n) is 3.89. The van der Waals surface area contributed by atoms with E-state index in [-0.39, 0.29) is 11.8 Å². The Kier molecular flexibility index (Phi) is 2.15. The molecule has 0 aliphatic carbocycles. The average Bonchev–Trinajstić information content (AvgIpc) is 2.09. The lowest BCUT2D eigenvalue weighted by Crippen LogP contribution is -2.25. The Morgan fingerprint density at radius 3 is 3.08 bits per heavy atom. The van der Waals surface area contributed by atoms with Crippen molar-refractivity contribution in [1.82, 2.24) is 0 Å². The highest BCUT2D eigenvalue weighted by atomic mass is 127. The maximum Gasteiger partial charge on any atom is 0.283 e. The van der Waals surface area contributed by atoms with E-state index >= 15 is 0 Å². The van der Waals surface area contributed by atoms with Crippen LogP contribution in [0.1, 0.15) is 6.92 Å². The van der Waals surface area contributed by atoms with Crippen LogP contribution in [0.2, 0.25) is 0 Å². The fourth-order valence-electron chi connectivity index (χ4n) is 1.33. The summed E-state index contributed by atoms with van der Waals surface area (Å²) in [4.78, 5) is 19.4. The van der Waals surface area contributed by atoms with E-state index in [2.05, 4.69) is 9.98 Å². The second-order valence-electron chi connectivity index (χ2n) is 2.92. The number of dihydropyridines is 1. The molecule has 2 aliphatic rings. The van der Waals surface area contributed by atoms with Crippen molar-refractivity contribution in [2.75, 3.05) is 0 Å². The van der Waals surface area contributed by atoms with Gasteiger partial charge in [0, 0.05) is 11.9 Å². The smallest absolute Gasteiger partial charge is 0.266 e. The fourth-order valence-corrected chi connectivity index (χ4v) is 1.81. The van der Waals surface area contributed by atoms with E-state index in [1.165, 1.54) is 0 Å². The van der Waals surface area contributed by atoms with Gasteiger partial charge in [-0.15, -0.1) is 0 Å². The molecule has 66 valence electrons. The van der Waals surface area contributed by atoms with Crippen LogP contribution in [-0.4, -0.2) is 17.3 Å². The summed E-state index contributed by atoms with van der Waals surface area (Å²) < 4.78 is 0.677. The molecule has 3 nitrogen and oxygen atoms in total. The van der Waals surface area contributed by atoms with Crippen LogP contribution in [0.4, 0.5) is 0 Å². The van der Waals surface area contributed by atoms with Crippen molar-refractivity contribution in [1.29, 1.82) is 0 Å². The number of aliphatic imine (C=N–C) groups is 2. The molecule has 0 aromatic heterocycles. The first-order valence-corrected chi connectivity index (χ1v) is 4.97. The molecule has 2 rings (SSSR count). The largest absolute Gasteiger partial charge is 0.283 e. The number of carbonyl (C=O) groups excluding carboxylic acids is 1. The highest BCUT2D eigenvalue weighted by Gasteiger charge is 2.24. The van der Waals surface area contributed by atoms with Crippen molar-refractivity contribution in [2.24, 2.45) is 15.9 Å². The van der Waals surface area contributed by atoms with Crippen molar-refractivity contribution in [3.05, 3.63) is 21.9 Å². The Bertz CT molecular complexity index is 390. The van der Waals surface area contributed by atoms with Gasteiger partial charge >= 0.3 is 0 Å². The summed E-state index contributed by atoms with van der Waals surface area (Å²) in [6.07, 6.45) is 5.38. The van der Waals surface area contributed by atoms with Crippen molar-refractivity contribution < 1.29 is 4.79 Å². The highest BCUT2D eigenvalue weighted by molar-refractivity contribution is 14.1. The molecule has 0 saturated heterocycles. The number of hydrogen-bond donors (Lipinski definition) is 0. The monoisotopic (exact) mass is 286 g/mol. The average molecular weight is 286 g/mol. The van der Waals surface area contributed by atoms with Crippen LogP contribution in [0.25, 0.3) is 0 Å². The van der Waals surface area contributed by atoms with Gasteiger partial charge < -0.3 is 0 Å². The summed E-state index contributed by atoms with van der Waals surface area (Å²) >= 11 is 2.01. The van der Waals surface area contributed by atoms with Crippen LogP contribution >= 0.6 is 22.6 Å². The van der Waals surface area contributed by atoms with Gasteiger partial charge in [-0.05, 0) is 35.6 Å². The molecule has 0 aromatic carbocycles. The molecule has 0 fully saturated rings. The Hall–Kier alpha value is -0.780. The zero-order valence-corrected chi connectivity index (χ0v) is 9.15. The Morgan fingerprint density at radius 1 is 1.54 bits per heavy atom. The molecular weight excluding hydrogens is 279 g/mol. The lowest BCUT2D eigenvalue weighted by atomic mass is 9.94. The molecule has 1 unspecified atom stereocenters. The SMILES string of the molecule is CC1=NC=CC2=NC(=O)C(I)=CC12. The van der Waals surface area contributed by atoms with Gasteiger partial charge in [-0.3, -0.25) is 9.79 Å². The van der Waals surface area contributed by atoms with E-state index in [0.29, 0.717) is 3.58 Å². The second kappa shape index (κ2) is 3.17. The van der Waals surface area contributed by atoms with Crippen LogP contribution in [0, 0.1) is 5.92 Å². The molecule has 0 bridgehead atoms. The normalized spacial score (nSPS) is 26.2. The summed E-state index contributed by atoms with van der Waals surface area (Å²) in [5, 5.41) is 0. The molecule has 0 spiro atoms. The van der Waals surface area contributed by atoms with Crippen molar-refractivity contribution in [2.45, 2.75) is 6.92 Å². The number of amides is 1. The van der Waals surface area contributed by atoms with E-state index in [0.717, 1.165) is 11.4 Å². The predicted octanol–water partition coefficient (Wildman–Crippen LogP) is 1.89. The van der Waals surface area contributed by atoms with E-state index in [1.54, 1.807) is 12.3 Å². The van der Waals surface area contributed by atoms with Gasteiger partial charge in [-0.25, -0.2) is 4.99 Å². The van der Waals surface area contributed by atoms with Crippen LogP contribution < -0.4 is 0 Å².